The quantitative estimate of drug-likeness (QED) is 0.818. The van der Waals surface area contributed by atoms with Crippen molar-refractivity contribution in [3.63, 3.8) is 0 Å². The summed E-state index contributed by atoms with van der Waals surface area (Å²) >= 11 is 0. The van der Waals surface area contributed by atoms with E-state index in [-0.39, 0.29) is 30.3 Å². The number of hydrogen-bond acceptors (Lipinski definition) is 7. The predicted octanol–water partition coefficient (Wildman–Crippen LogP) is 0.266. The highest BCUT2D eigenvalue weighted by molar-refractivity contribution is 5.81. The Labute approximate surface area is 132 Å². The molecule has 3 fully saturated rings. The van der Waals surface area contributed by atoms with Gasteiger partial charge >= 0.3 is 0 Å². The third-order valence-corrected chi connectivity index (χ3v) is 5.61. The Hall–Kier alpha value is -1.77. The van der Waals surface area contributed by atoms with Crippen LogP contribution in [0.25, 0.3) is 11.2 Å². The third-order valence-electron chi connectivity index (χ3n) is 5.61. The van der Waals surface area contributed by atoms with E-state index in [9.17, 15) is 5.11 Å². The van der Waals surface area contributed by atoms with Crippen LogP contribution in [0.5, 0.6) is 0 Å². The van der Waals surface area contributed by atoms with Crippen molar-refractivity contribution >= 4 is 17.0 Å². The second-order valence-electron chi connectivity index (χ2n) is 7.21. The number of anilines is 1. The molecule has 1 aliphatic heterocycles. The first-order valence-corrected chi connectivity index (χ1v) is 7.88. The molecular weight excluding hydrogens is 298 g/mol. The topological polar surface area (TPSA) is 108 Å². The number of rotatable bonds is 2. The van der Waals surface area contributed by atoms with E-state index in [1.165, 1.54) is 6.33 Å². The maximum atomic E-state index is 9.84. The second-order valence-corrected chi connectivity index (χ2v) is 7.21. The van der Waals surface area contributed by atoms with Crippen molar-refractivity contribution in [2.24, 2.45) is 11.8 Å². The summed E-state index contributed by atoms with van der Waals surface area (Å²) in [5.41, 5.74) is 6.96. The Balaban J connectivity index is 1.66. The lowest BCUT2D eigenvalue weighted by Gasteiger charge is -2.25. The van der Waals surface area contributed by atoms with Gasteiger partial charge in [-0.15, -0.1) is 0 Å². The van der Waals surface area contributed by atoms with Gasteiger partial charge in [-0.05, 0) is 26.2 Å². The van der Waals surface area contributed by atoms with Gasteiger partial charge in [0.2, 0.25) is 0 Å². The van der Waals surface area contributed by atoms with E-state index in [1.807, 2.05) is 13.8 Å². The van der Waals surface area contributed by atoms with E-state index in [1.54, 1.807) is 6.33 Å². The fraction of sp³-hybridized carbons (Fsp3) is 0.667. The molecule has 0 aromatic carbocycles. The molecule has 1 unspecified atom stereocenters. The molecular formula is C15H19N5O3. The summed E-state index contributed by atoms with van der Waals surface area (Å²) in [5.74, 6) is 0.0957. The Kier molecular flexibility index (Phi) is 2.38. The second kappa shape index (κ2) is 4.00. The Morgan fingerprint density at radius 1 is 1.35 bits per heavy atom. The van der Waals surface area contributed by atoms with Gasteiger partial charge in [0.25, 0.3) is 0 Å². The van der Waals surface area contributed by atoms with E-state index in [0.717, 1.165) is 6.42 Å². The summed E-state index contributed by atoms with van der Waals surface area (Å²) in [7, 11) is 0. The molecule has 0 radical (unpaired) electrons. The highest BCUT2D eigenvalue weighted by atomic mass is 16.8. The van der Waals surface area contributed by atoms with Crippen LogP contribution in [0.2, 0.25) is 0 Å². The minimum atomic E-state index is -0.645. The number of ether oxygens (including phenoxy) is 2. The average molecular weight is 317 g/mol. The van der Waals surface area contributed by atoms with Crippen LogP contribution in [-0.4, -0.2) is 49.2 Å². The molecule has 23 heavy (non-hydrogen) atoms. The number of aromatic nitrogens is 4. The molecule has 0 bridgehead atoms. The number of nitrogen functional groups attached to an aromatic ring is 1. The number of hydrogen-bond donors (Lipinski definition) is 2. The van der Waals surface area contributed by atoms with E-state index in [0.29, 0.717) is 22.9 Å². The summed E-state index contributed by atoms with van der Waals surface area (Å²) < 4.78 is 14.3. The molecule has 2 aromatic rings. The summed E-state index contributed by atoms with van der Waals surface area (Å²) in [5, 5.41) is 9.84. The van der Waals surface area contributed by atoms with Gasteiger partial charge < -0.3 is 24.9 Å². The molecule has 3 heterocycles. The van der Waals surface area contributed by atoms with Crippen LogP contribution < -0.4 is 5.73 Å². The summed E-state index contributed by atoms with van der Waals surface area (Å²) in [6.45, 7) is 3.92. The van der Waals surface area contributed by atoms with Gasteiger partial charge in [0, 0.05) is 12.5 Å². The largest absolute Gasteiger partial charge is 0.396 e. The molecule has 2 saturated carbocycles. The SMILES string of the molecule is CC1(C)O[C@@H]2C(CO)[C@@H]3C[C@@]3(n3cnc4c(N)ncnc43)[C@@H]2O1. The number of aliphatic hydroxyl groups is 1. The van der Waals surface area contributed by atoms with E-state index in [4.69, 9.17) is 15.2 Å². The lowest BCUT2D eigenvalue weighted by molar-refractivity contribution is -0.162. The van der Waals surface area contributed by atoms with Crippen molar-refractivity contribution in [1.29, 1.82) is 0 Å². The van der Waals surface area contributed by atoms with E-state index >= 15 is 0 Å². The molecule has 0 spiro atoms. The number of aliphatic hydroxyl groups excluding tert-OH is 1. The van der Waals surface area contributed by atoms with Crippen LogP contribution >= 0.6 is 0 Å². The highest BCUT2D eigenvalue weighted by Crippen LogP contribution is 2.68. The minimum absolute atomic E-state index is 0.0680. The average Bonchev–Trinajstić information content (AvgIpc) is 2.82. The first-order chi connectivity index (χ1) is 11.0. The van der Waals surface area contributed by atoms with Gasteiger partial charge in [0.05, 0.1) is 18.0 Å². The van der Waals surface area contributed by atoms with Crippen molar-refractivity contribution in [2.75, 3.05) is 12.3 Å². The summed E-state index contributed by atoms with van der Waals surface area (Å²) in [4.78, 5) is 12.8. The first kappa shape index (κ1) is 13.6. The van der Waals surface area contributed by atoms with Crippen LogP contribution in [0.15, 0.2) is 12.7 Å². The zero-order valence-electron chi connectivity index (χ0n) is 13.0. The maximum Gasteiger partial charge on any atom is 0.166 e. The van der Waals surface area contributed by atoms with Crippen molar-refractivity contribution in [3.05, 3.63) is 12.7 Å². The Morgan fingerprint density at radius 2 is 2.17 bits per heavy atom. The normalized spacial score (nSPS) is 40.3. The van der Waals surface area contributed by atoms with Gasteiger partial charge in [0.15, 0.2) is 17.3 Å². The zero-order valence-corrected chi connectivity index (χ0v) is 13.0. The Morgan fingerprint density at radius 3 is 2.96 bits per heavy atom. The van der Waals surface area contributed by atoms with Crippen LogP contribution in [-0.2, 0) is 15.0 Å². The minimum Gasteiger partial charge on any atom is -0.396 e. The molecule has 5 atom stereocenters. The van der Waals surface area contributed by atoms with Crippen molar-refractivity contribution < 1.29 is 14.6 Å². The molecule has 8 heteroatoms. The molecule has 8 nitrogen and oxygen atoms in total. The molecule has 2 aliphatic carbocycles. The molecule has 0 amide bonds. The smallest absolute Gasteiger partial charge is 0.166 e. The van der Waals surface area contributed by atoms with Crippen molar-refractivity contribution in [2.45, 2.75) is 43.8 Å². The first-order valence-electron chi connectivity index (χ1n) is 7.88. The van der Waals surface area contributed by atoms with Gasteiger partial charge in [-0.3, -0.25) is 0 Å². The standard InChI is InChI=1S/C15H19N5O3/c1-14(2)22-10-7(4-21)8-3-15(8,11(10)23-14)20-6-19-9-12(16)17-5-18-13(9)20/h5-8,10-11,21H,3-4H2,1-2H3,(H2,16,17,18)/t7?,8-,10+,11+,15-/m0/s1. The fourth-order valence-electron chi connectivity index (χ4n) is 4.66. The van der Waals surface area contributed by atoms with Crippen LogP contribution in [0, 0.1) is 11.8 Å². The number of nitrogens with zero attached hydrogens (tertiary/aromatic N) is 4. The van der Waals surface area contributed by atoms with Crippen LogP contribution in [0.3, 0.4) is 0 Å². The lowest BCUT2D eigenvalue weighted by Crippen LogP contribution is -2.37. The van der Waals surface area contributed by atoms with Crippen LogP contribution in [0.1, 0.15) is 20.3 Å². The number of nitrogens with two attached hydrogens (primary N) is 1. The third kappa shape index (κ3) is 1.53. The van der Waals surface area contributed by atoms with E-state index in [2.05, 4.69) is 19.5 Å². The van der Waals surface area contributed by atoms with Crippen LogP contribution in [0.4, 0.5) is 5.82 Å². The van der Waals surface area contributed by atoms with Gasteiger partial charge in [-0.1, -0.05) is 0 Å². The Bertz CT molecular complexity index is 806. The predicted molar refractivity (Wildman–Crippen MR) is 80.2 cm³/mol. The molecule has 122 valence electrons. The molecule has 2 aromatic heterocycles. The number of imidazole rings is 1. The molecule has 3 N–H and O–H groups in total. The summed E-state index contributed by atoms with van der Waals surface area (Å²) in [6.07, 6.45) is 3.92. The summed E-state index contributed by atoms with van der Waals surface area (Å²) in [6, 6.07) is 0. The molecule has 3 aliphatic rings. The number of fused-ring (bicyclic) bond motifs is 4. The molecule has 1 saturated heterocycles. The van der Waals surface area contributed by atoms with Gasteiger partial charge in [0.1, 0.15) is 17.9 Å². The van der Waals surface area contributed by atoms with Gasteiger partial charge in [-0.25, -0.2) is 15.0 Å². The lowest BCUT2D eigenvalue weighted by atomic mass is 10.0. The molecule has 5 rings (SSSR count). The maximum absolute atomic E-state index is 9.84. The zero-order chi connectivity index (χ0) is 16.0. The highest BCUT2D eigenvalue weighted by Gasteiger charge is 2.76. The fourth-order valence-corrected chi connectivity index (χ4v) is 4.66. The van der Waals surface area contributed by atoms with Gasteiger partial charge in [-0.2, -0.15) is 0 Å². The van der Waals surface area contributed by atoms with Crippen molar-refractivity contribution in [3.8, 4) is 0 Å². The van der Waals surface area contributed by atoms with E-state index < -0.39 is 5.79 Å². The van der Waals surface area contributed by atoms with Crippen molar-refractivity contribution in [1.82, 2.24) is 19.5 Å². The monoisotopic (exact) mass is 317 g/mol.